The van der Waals surface area contributed by atoms with E-state index in [1.165, 1.54) is 17.4 Å². The minimum Gasteiger partial charge on any atom is -0.350 e. The summed E-state index contributed by atoms with van der Waals surface area (Å²) in [6.45, 7) is 0.367. The van der Waals surface area contributed by atoms with Crippen molar-refractivity contribution in [1.29, 1.82) is 0 Å². The highest BCUT2D eigenvalue weighted by molar-refractivity contribution is 7.92. The van der Waals surface area contributed by atoms with Gasteiger partial charge < -0.3 is 5.32 Å². The lowest BCUT2D eigenvalue weighted by atomic mass is 10.2. The Morgan fingerprint density at radius 3 is 2.59 bits per heavy atom. The SMILES string of the molecule is O=C(CCNS(=O)(=O)/C=C/c1ccccc1)NCc1nc2ccccc2s1. The van der Waals surface area contributed by atoms with Crippen LogP contribution in [0.5, 0.6) is 0 Å². The zero-order valence-corrected chi connectivity index (χ0v) is 16.1. The number of sulfonamides is 1. The van der Waals surface area contributed by atoms with Gasteiger partial charge in [0.1, 0.15) is 5.01 Å². The van der Waals surface area contributed by atoms with E-state index in [1.807, 2.05) is 54.6 Å². The number of benzene rings is 2. The molecule has 140 valence electrons. The lowest BCUT2D eigenvalue weighted by Crippen LogP contribution is -2.29. The van der Waals surface area contributed by atoms with Crippen molar-refractivity contribution in [3.8, 4) is 0 Å². The lowest BCUT2D eigenvalue weighted by molar-refractivity contribution is -0.121. The summed E-state index contributed by atoms with van der Waals surface area (Å²) < 4.78 is 27.3. The van der Waals surface area contributed by atoms with Gasteiger partial charge in [-0.15, -0.1) is 11.3 Å². The number of aromatic nitrogens is 1. The molecule has 0 aliphatic heterocycles. The maximum atomic E-state index is 11.9. The molecule has 2 aromatic carbocycles. The number of nitrogens with one attached hydrogen (secondary N) is 2. The van der Waals surface area contributed by atoms with E-state index in [9.17, 15) is 13.2 Å². The number of hydrogen-bond donors (Lipinski definition) is 2. The van der Waals surface area contributed by atoms with Gasteiger partial charge in [-0.25, -0.2) is 18.1 Å². The highest BCUT2D eigenvalue weighted by atomic mass is 32.2. The molecule has 0 radical (unpaired) electrons. The molecule has 0 fully saturated rings. The first-order valence-corrected chi connectivity index (χ1v) is 10.7. The Labute approximate surface area is 162 Å². The number of carbonyl (C=O) groups excluding carboxylic acids is 1. The third kappa shape index (κ3) is 5.99. The topological polar surface area (TPSA) is 88.2 Å². The zero-order chi connectivity index (χ0) is 19.1. The summed E-state index contributed by atoms with van der Waals surface area (Å²) in [6.07, 6.45) is 1.57. The molecule has 3 aromatic rings. The molecular formula is C19H19N3O3S2. The van der Waals surface area contributed by atoms with E-state index >= 15 is 0 Å². The number of carbonyl (C=O) groups is 1. The van der Waals surface area contributed by atoms with Crippen molar-refractivity contribution in [2.75, 3.05) is 6.54 Å². The van der Waals surface area contributed by atoms with Gasteiger partial charge >= 0.3 is 0 Å². The molecule has 6 nitrogen and oxygen atoms in total. The maximum absolute atomic E-state index is 11.9. The maximum Gasteiger partial charge on any atom is 0.233 e. The third-order valence-corrected chi connectivity index (χ3v) is 5.81. The molecule has 0 unspecified atom stereocenters. The molecule has 8 heteroatoms. The van der Waals surface area contributed by atoms with Crippen LogP contribution >= 0.6 is 11.3 Å². The minimum atomic E-state index is -3.58. The van der Waals surface area contributed by atoms with Crippen LogP contribution in [0.15, 0.2) is 60.0 Å². The average Bonchev–Trinajstić information content (AvgIpc) is 3.09. The van der Waals surface area contributed by atoms with Crippen LogP contribution in [0.4, 0.5) is 0 Å². The second kappa shape index (κ2) is 8.90. The quantitative estimate of drug-likeness (QED) is 0.607. The second-order valence-corrected chi connectivity index (χ2v) is 8.52. The molecule has 2 N–H and O–H groups in total. The summed E-state index contributed by atoms with van der Waals surface area (Å²) in [5.74, 6) is -0.232. The van der Waals surface area contributed by atoms with Crippen LogP contribution in [0, 0.1) is 0 Å². The first kappa shape index (κ1) is 19.2. The van der Waals surface area contributed by atoms with Crippen LogP contribution in [-0.2, 0) is 21.4 Å². The Morgan fingerprint density at radius 1 is 1.07 bits per heavy atom. The Hall–Kier alpha value is -2.55. The van der Waals surface area contributed by atoms with Gasteiger partial charge in [0.2, 0.25) is 15.9 Å². The fraction of sp³-hybridized carbons (Fsp3) is 0.158. The van der Waals surface area contributed by atoms with Crippen LogP contribution in [0.25, 0.3) is 16.3 Å². The van der Waals surface area contributed by atoms with Crippen molar-refractivity contribution < 1.29 is 13.2 Å². The van der Waals surface area contributed by atoms with Crippen molar-refractivity contribution in [3.63, 3.8) is 0 Å². The minimum absolute atomic E-state index is 0.0349. The summed E-state index contributed by atoms with van der Waals surface area (Å²) in [5, 5.41) is 4.67. The fourth-order valence-corrected chi connectivity index (χ4v) is 4.07. The van der Waals surface area contributed by atoms with E-state index < -0.39 is 10.0 Å². The number of para-hydroxylation sites is 1. The molecule has 0 atom stereocenters. The van der Waals surface area contributed by atoms with Gasteiger partial charge in [0, 0.05) is 18.4 Å². The van der Waals surface area contributed by atoms with Gasteiger partial charge in [-0.2, -0.15) is 0 Å². The molecular weight excluding hydrogens is 382 g/mol. The Kier molecular flexibility index (Phi) is 6.33. The van der Waals surface area contributed by atoms with Gasteiger partial charge in [-0.3, -0.25) is 4.79 Å². The van der Waals surface area contributed by atoms with E-state index in [-0.39, 0.29) is 18.9 Å². The molecule has 3 rings (SSSR count). The third-order valence-electron chi connectivity index (χ3n) is 3.67. The standard InChI is InChI=1S/C19H19N3O3S2/c23-18(20-14-19-22-16-8-4-5-9-17(16)26-19)10-12-21-27(24,25)13-11-15-6-2-1-3-7-15/h1-9,11,13,21H,10,12,14H2,(H,20,23)/b13-11+. The average molecular weight is 402 g/mol. The number of nitrogens with zero attached hydrogens (tertiary/aromatic N) is 1. The molecule has 27 heavy (non-hydrogen) atoms. The van der Waals surface area contributed by atoms with Crippen LogP contribution in [0.3, 0.4) is 0 Å². The summed E-state index contributed by atoms with van der Waals surface area (Å²) in [6, 6.07) is 16.9. The highest BCUT2D eigenvalue weighted by Gasteiger charge is 2.08. The Bertz CT molecular complexity index is 1010. The summed E-state index contributed by atoms with van der Waals surface area (Å²) in [7, 11) is -3.58. The molecule has 0 aliphatic rings. The molecule has 1 aromatic heterocycles. The normalized spacial score (nSPS) is 11.9. The predicted octanol–water partition coefficient (Wildman–Crippen LogP) is 2.89. The van der Waals surface area contributed by atoms with Crippen LogP contribution in [0.2, 0.25) is 0 Å². The van der Waals surface area contributed by atoms with Gasteiger partial charge in [-0.1, -0.05) is 42.5 Å². The molecule has 0 saturated carbocycles. The number of rotatable bonds is 8. The van der Waals surface area contributed by atoms with Crippen LogP contribution in [-0.4, -0.2) is 25.9 Å². The number of thiazole rings is 1. The van der Waals surface area contributed by atoms with Crippen molar-refractivity contribution in [3.05, 3.63) is 70.6 Å². The number of amides is 1. The summed E-state index contributed by atoms with van der Waals surface area (Å²) >= 11 is 1.53. The van der Waals surface area contributed by atoms with E-state index in [2.05, 4.69) is 15.0 Å². The molecule has 0 aliphatic carbocycles. The van der Waals surface area contributed by atoms with Crippen LogP contribution in [0.1, 0.15) is 17.0 Å². The van der Waals surface area contributed by atoms with E-state index in [0.717, 1.165) is 26.2 Å². The predicted molar refractivity (Wildman–Crippen MR) is 108 cm³/mol. The zero-order valence-electron chi connectivity index (χ0n) is 14.5. The van der Waals surface area contributed by atoms with Gasteiger partial charge in [0.05, 0.1) is 16.8 Å². The lowest BCUT2D eigenvalue weighted by Gasteiger charge is -2.04. The van der Waals surface area contributed by atoms with E-state index in [0.29, 0.717) is 6.54 Å². The molecule has 0 spiro atoms. The highest BCUT2D eigenvalue weighted by Crippen LogP contribution is 2.21. The van der Waals surface area contributed by atoms with Crippen molar-refractivity contribution in [2.24, 2.45) is 0 Å². The van der Waals surface area contributed by atoms with Crippen molar-refractivity contribution in [2.45, 2.75) is 13.0 Å². The summed E-state index contributed by atoms with van der Waals surface area (Å²) in [4.78, 5) is 16.4. The molecule has 1 heterocycles. The fourth-order valence-electron chi connectivity index (χ4n) is 2.35. The van der Waals surface area contributed by atoms with Gasteiger partial charge in [0.25, 0.3) is 0 Å². The first-order chi connectivity index (χ1) is 13.0. The largest absolute Gasteiger partial charge is 0.350 e. The number of hydrogen-bond acceptors (Lipinski definition) is 5. The van der Waals surface area contributed by atoms with Crippen molar-refractivity contribution in [1.82, 2.24) is 15.0 Å². The Morgan fingerprint density at radius 2 is 1.81 bits per heavy atom. The monoisotopic (exact) mass is 401 g/mol. The molecule has 0 saturated heterocycles. The van der Waals surface area contributed by atoms with Gasteiger partial charge in [0.15, 0.2) is 0 Å². The first-order valence-electron chi connectivity index (χ1n) is 8.36. The van der Waals surface area contributed by atoms with Crippen LogP contribution < -0.4 is 10.0 Å². The van der Waals surface area contributed by atoms with Crippen molar-refractivity contribution >= 4 is 43.6 Å². The molecule has 0 bridgehead atoms. The molecule has 1 amide bonds. The Balaban J connectivity index is 1.42. The van der Waals surface area contributed by atoms with E-state index in [1.54, 1.807) is 0 Å². The van der Waals surface area contributed by atoms with E-state index in [4.69, 9.17) is 0 Å². The number of fused-ring (bicyclic) bond motifs is 1. The second-order valence-electron chi connectivity index (χ2n) is 5.75. The summed E-state index contributed by atoms with van der Waals surface area (Å²) in [5.41, 5.74) is 1.70. The van der Waals surface area contributed by atoms with Gasteiger partial charge in [-0.05, 0) is 23.8 Å². The smallest absolute Gasteiger partial charge is 0.233 e.